The zero-order chi connectivity index (χ0) is 18.4. The number of hydrogen-bond acceptors (Lipinski definition) is 6. The number of rotatable bonds is 6. The first-order valence-corrected chi connectivity index (χ1v) is 8.95. The molecule has 1 unspecified atom stereocenters. The van der Waals surface area contributed by atoms with Crippen LogP contribution in [0.15, 0.2) is 30.6 Å². The second-order valence-electron chi connectivity index (χ2n) is 6.44. The zero-order valence-electron chi connectivity index (χ0n) is 15.3. The van der Waals surface area contributed by atoms with Crippen LogP contribution >= 0.6 is 0 Å². The second kappa shape index (κ2) is 8.52. The van der Waals surface area contributed by atoms with Gasteiger partial charge in [0, 0.05) is 12.6 Å². The Labute approximate surface area is 154 Å². The summed E-state index contributed by atoms with van der Waals surface area (Å²) >= 11 is 0. The fourth-order valence-electron chi connectivity index (χ4n) is 3.50. The van der Waals surface area contributed by atoms with Crippen molar-refractivity contribution >= 4 is 5.82 Å². The molecule has 2 heterocycles. The van der Waals surface area contributed by atoms with Gasteiger partial charge in [0.1, 0.15) is 11.9 Å². The number of benzene rings is 1. The topological polar surface area (TPSA) is 71.3 Å². The first kappa shape index (κ1) is 18.0. The largest absolute Gasteiger partial charge is 0.493 e. The SMILES string of the molecule is COc1ccc(CCC2CCCCN2c2cnc(C#N)cn2)cc1OC. The summed E-state index contributed by atoms with van der Waals surface area (Å²) < 4.78 is 10.7. The molecule has 1 aliphatic rings. The Morgan fingerprint density at radius 2 is 2.00 bits per heavy atom. The van der Waals surface area contributed by atoms with E-state index in [0.29, 0.717) is 11.7 Å². The minimum absolute atomic E-state index is 0.354. The minimum atomic E-state index is 0.354. The normalized spacial score (nSPS) is 16.8. The molecule has 6 heteroatoms. The number of aromatic nitrogens is 2. The Hall–Kier alpha value is -2.81. The minimum Gasteiger partial charge on any atom is -0.493 e. The van der Waals surface area contributed by atoms with Crippen molar-refractivity contribution in [3.05, 3.63) is 41.9 Å². The molecule has 1 aromatic carbocycles. The van der Waals surface area contributed by atoms with E-state index in [1.54, 1.807) is 26.6 Å². The van der Waals surface area contributed by atoms with Crippen molar-refractivity contribution in [3.8, 4) is 17.6 Å². The number of nitrogens with zero attached hydrogens (tertiary/aromatic N) is 4. The lowest BCUT2D eigenvalue weighted by Crippen LogP contribution is -2.40. The molecule has 136 valence electrons. The fourth-order valence-corrected chi connectivity index (χ4v) is 3.50. The van der Waals surface area contributed by atoms with E-state index < -0.39 is 0 Å². The molecule has 3 rings (SSSR count). The molecule has 0 N–H and O–H groups in total. The molecule has 6 nitrogen and oxygen atoms in total. The highest BCUT2D eigenvalue weighted by molar-refractivity contribution is 5.43. The maximum Gasteiger partial charge on any atom is 0.160 e. The third-order valence-electron chi connectivity index (χ3n) is 4.89. The number of anilines is 1. The number of ether oxygens (including phenoxy) is 2. The molecule has 2 aromatic rings. The molecule has 1 aliphatic heterocycles. The average Bonchev–Trinajstić information content (AvgIpc) is 2.72. The number of hydrogen-bond donors (Lipinski definition) is 0. The van der Waals surface area contributed by atoms with E-state index in [-0.39, 0.29) is 0 Å². The Balaban J connectivity index is 1.69. The molecule has 1 saturated heterocycles. The van der Waals surface area contributed by atoms with Gasteiger partial charge in [0.25, 0.3) is 0 Å². The summed E-state index contributed by atoms with van der Waals surface area (Å²) in [4.78, 5) is 10.9. The molecule has 0 amide bonds. The van der Waals surface area contributed by atoms with Crippen LogP contribution in [0.2, 0.25) is 0 Å². The molecular weight excluding hydrogens is 328 g/mol. The van der Waals surface area contributed by atoms with Gasteiger partial charge >= 0.3 is 0 Å². The van der Waals surface area contributed by atoms with Crippen LogP contribution in [-0.2, 0) is 6.42 Å². The van der Waals surface area contributed by atoms with Gasteiger partial charge in [-0.1, -0.05) is 6.07 Å². The van der Waals surface area contributed by atoms with Crippen LogP contribution in [0.5, 0.6) is 11.5 Å². The molecule has 0 aliphatic carbocycles. The lowest BCUT2D eigenvalue weighted by atomic mass is 9.95. The lowest BCUT2D eigenvalue weighted by Gasteiger charge is -2.36. The summed E-state index contributed by atoms with van der Waals surface area (Å²) in [6.07, 6.45) is 8.81. The third-order valence-corrected chi connectivity index (χ3v) is 4.89. The molecule has 0 radical (unpaired) electrons. The highest BCUT2D eigenvalue weighted by atomic mass is 16.5. The standard InChI is InChI=1S/C20H24N4O2/c1-25-18-9-7-15(11-19(18)26-2)6-8-17-5-3-4-10-24(17)20-14-22-16(12-21)13-23-20/h7,9,11,13-14,17H,3-6,8,10H2,1-2H3. The van der Waals surface area contributed by atoms with Gasteiger partial charge in [-0.3, -0.25) is 0 Å². The molecule has 0 spiro atoms. The van der Waals surface area contributed by atoms with Crippen molar-refractivity contribution in [1.29, 1.82) is 5.26 Å². The highest BCUT2D eigenvalue weighted by Crippen LogP contribution is 2.30. The molecule has 0 saturated carbocycles. The van der Waals surface area contributed by atoms with Gasteiger partial charge in [0.15, 0.2) is 17.2 Å². The quantitative estimate of drug-likeness (QED) is 0.794. The molecule has 1 aromatic heterocycles. The van der Waals surface area contributed by atoms with Gasteiger partial charge in [-0.2, -0.15) is 5.26 Å². The van der Waals surface area contributed by atoms with Gasteiger partial charge in [0.05, 0.1) is 26.6 Å². The predicted octanol–water partition coefficient (Wildman–Crippen LogP) is 3.36. The van der Waals surface area contributed by atoms with E-state index in [9.17, 15) is 0 Å². The molecular formula is C20H24N4O2. The zero-order valence-corrected chi connectivity index (χ0v) is 15.3. The first-order valence-electron chi connectivity index (χ1n) is 8.95. The second-order valence-corrected chi connectivity index (χ2v) is 6.44. The molecule has 26 heavy (non-hydrogen) atoms. The van der Waals surface area contributed by atoms with Crippen molar-refractivity contribution in [2.45, 2.75) is 38.1 Å². The monoisotopic (exact) mass is 352 g/mol. The van der Waals surface area contributed by atoms with Crippen LogP contribution in [-0.4, -0.2) is 36.8 Å². The summed E-state index contributed by atoms with van der Waals surface area (Å²) in [6.45, 7) is 0.983. The van der Waals surface area contributed by atoms with Crippen LogP contribution in [0.4, 0.5) is 5.82 Å². The number of methoxy groups -OCH3 is 2. The van der Waals surface area contributed by atoms with Crippen molar-refractivity contribution in [3.63, 3.8) is 0 Å². The van der Waals surface area contributed by atoms with Crippen molar-refractivity contribution in [1.82, 2.24) is 9.97 Å². The van der Waals surface area contributed by atoms with Crippen LogP contribution in [0.25, 0.3) is 0 Å². The number of piperidine rings is 1. The van der Waals surface area contributed by atoms with Gasteiger partial charge in [-0.15, -0.1) is 0 Å². The smallest absolute Gasteiger partial charge is 0.160 e. The van der Waals surface area contributed by atoms with E-state index in [1.807, 2.05) is 18.2 Å². The molecule has 0 bridgehead atoms. The number of aryl methyl sites for hydroxylation is 1. The van der Waals surface area contributed by atoms with Gasteiger partial charge in [-0.05, 0) is 49.8 Å². The van der Waals surface area contributed by atoms with E-state index in [4.69, 9.17) is 14.7 Å². The fraction of sp³-hybridized carbons (Fsp3) is 0.450. The summed E-state index contributed by atoms with van der Waals surface area (Å²) in [7, 11) is 3.31. The van der Waals surface area contributed by atoms with Gasteiger partial charge in [-0.25, -0.2) is 9.97 Å². The Kier molecular flexibility index (Phi) is 5.90. The van der Waals surface area contributed by atoms with E-state index in [1.165, 1.54) is 12.0 Å². The van der Waals surface area contributed by atoms with Gasteiger partial charge < -0.3 is 14.4 Å². The van der Waals surface area contributed by atoms with Crippen molar-refractivity contribution < 1.29 is 9.47 Å². The van der Waals surface area contributed by atoms with Crippen LogP contribution in [0.3, 0.4) is 0 Å². The van der Waals surface area contributed by atoms with Crippen molar-refractivity contribution in [2.24, 2.45) is 0 Å². The van der Waals surface area contributed by atoms with E-state index >= 15 is 0 Å². The Bertz CT molecular complexity index is 770. The third kappa shape index (κ3) is 4.05. The molecule has 1 atom stereocenters. The van der Waals surface area contributed by atoms with E-state index in [2.05, 4.69) is 20.9 Å². The van der Waals surface area contributed by atoms with Crippen LogP contribution in [0, 0.1) is 11.3 Å². The predicted molar refractivity (Wildman–Crippen MR) is 99.6 cm³/mol. The van der Waals surface area contributed by atoms with Crippen molar-refractivity contribution in [2.75, 3.05) is 25.7 Å². The summed E-state index contributed by atoms with van der Waals surface area (Å²) in [5.41, 5.74) is 1.59. The summed E-state index contributed by atoms with van der Waals surface area (Å²) in [6, 6.07) is 8.55. The highest BCUT2D eigenvalue weighted by Gasteiger charge is 2.23. The summed E-state index contributed by atoms with van der Waals surface area (Å²) in [5.74, 6) is 2.38. The van der Waals surface area contributed by atoms with Crippen LogP contribution < -0.4 is 14.4 Å². The van der Waals surface area contributed by atoms with E-state index in [0.717, 1.165) is 49.5 Å². The molecule has 1 fully saturated rings. The van der Waals surface area contributed by atoms with Crippen LogP contribution in [0.1, 0.15) is 36.9 Å². The van der Waals surface area contributed by atoms with Gasteiger partial charge in [0.2, 0.25) is 0 Å². The summed E-state index contributed by atoms with van der Waals surface area (Å²) in [5, 5.41) is 8.90. The maximum absolute atomic E-state index is 8.90. The Morgan fingerprint density at radius 1 is 1.15 bits per heavy atom. The lowest BCUT2D eigenvalue weighted by molar-refractivity contribution is 0.354. The average molecular weight is 352 g/mol. The first-order chi connectivity index (χ1) is 12.7. The maximum atomic E-state index is 8.90. The number of nitriles is 1. The Morgan fingerprint density at radius 3 is 2.69 bits per heavy atom.